The number of hydrogen-bond acceptors (Lipinski definition) is 1. The number of likely N-dealkylation sites (N-methyl/N-ethyl adjacent to an activating group) is 1. The van der Waals surface area contributed by atoms with Gasteiger partial charge in [0.1, 0.15) is 0 Å². The maximum absolute atomic E-state index is 12.7. The third-order valence-electron chi connectivity index (χ3n) is 4.99. The van der Waals surface area contributed by atoms with Crippen LogP contribution in [0.3, 0.4) is 0 Å². The number of benzene rings is 1. The van der Waals surface area contributed by atoms with Crippen LogP contribution in [0, 0.1) is 20.4 Å². The van der Waals surface area contributed by atoms with Crippen molar-refractivity contribution in [1.29, 1.82) is 0 Å². The number of anilines is 1. The molecule has 0 radical (unpaired) electrons. The van der Waals surface area contributed by atoms with Gasteiger partial charge in [0.05, 0.1) is 26.2 Å². The summed E-state index contributed by atoms with van der Waals surface area (Å²) in [6, 6.07) is 3.54. The van der Waals surface area contributed by atoms with Crippen molar-refractivity contribution in [2.45, 2.75) is 47.6 Å². The van der Waals surface area contributed by atoms with Crippen LogP contribution in [0.15, 0.2) is 12.1 Å². The molecule has 0 aliphatic carbocycles. The number of rotatable bonds is 6. The van der Waals surface area contributed by atoms with E-state index < -0.39 is 0 Å². The van der Waals surface area contributed by atoms with Crippen molar-refractivity contribution < 1.29 is 9.28 Å². The quantitative estimate of drug-likeness (QED) is 0.624. The molecule has 120 valence electrons. The highest BCUT2D eigenvalue weighted by atomic mass is 16.2. The third-order valence-corrected chi connectivity index (χ3v) is 4.99. The van der Waals surface area contributed by atoms with Crippen LogP contribution >= 0.6 is 0 Å². The maximum atomic E-state index is 12.7. The highest BCUT2D eigenvalue weighted by Gasteiger charge is 2.34. The fourth-order valence-electron chi connectivity index (χ4n) is 3.17. The first kappa shape index (κ1) is 18.2. The fourth-order valence-corrected chi connectivity index (χ4v) is 3.17. The Morgan fingerprint density at radius 2 is 1.64 bits per heavy atom. The van der Waals surface area contributed by atoms with Crippen LogP contribution in [0.1, 0.15) is 38.8 Å². The van der Waals surface area contributed by atoms with Gasteiger partial charge in [-0.15, -0.1) is 0 Å². The zero-order chi connectivity index (χ0) is 16.9. The predicted molar refractivity (Wildman–Crippen MR) is 92.2 cm³/mol. The molecule has 0 spiro atoms. The van der Waals surface area contributed by atoms with Crippen LogP contribution < -0.4 is 5.32 Å². The van der Waals surface area contributed by atoms with Gasteiger partial charge >= 0.3 is 0 Å². The molecule has 1 amide bonds. The number of quaternary nitrogens is 1. The van der Waals surface area contributed by atoms with E-state index in [0.717, 1.165) is 40.9 Å². The zero-order valence-electron chi connectivity index (χ0n) is 14.7. The number of aryl methyl sites for hydroxylation is 2. The van der Waals surface area contributed by atoms with Gasteiger partial charge in [0, 0.05) is 5.69 Å². The number of carbonyl (C=O) groups is 1. The van der Waals surface area contributed by atoms with Crippen molar-refractivity contribution >= 4 is 17.3 Å². The molecular weight excluding hydrogens is 274 g/mol. The largest absolute Gasteiger partial charge is 0.321 e. The van der Waals surface area contributed by atoms with Gasteiger partial charge in [-0.3, -0.25) is 4.79 Å². The van der Waals surface area contributed by atoms with Gasteiger partial charge in [-0.25, -0.2) is 4.85 Å². The first-order chi connectivity index (χ1) is 10.3. The highest BCUT2D eigenvalue weighted by Crippen LogP contribution is 2.27. The predicted octanol–water partition coefficient (Wildman–Crippen LogP) is 4.06. The normalized spacial score (nSPS) is 12.6. The van der Waals surface area contributed by atoms with Crippen LogP contribution in [0.5, 0.6) is 0 Å². The summed E-state index contributed by atoms with van der Waals surface area (Å²) >= 11 is 0. The summed E-state index contributed by atoms with van der Waals surface area (Å²) in [7, 11) is 0. The van der Waals surface area contributed by atoms with E-state index in [9.17, 15) is 4.79 Å². The van der Waals surface area contributed by atoms with E-state index in [-0.39, 0.29) is 11.9 Å². The molecule has 0 fully saturated rings. The summed E-state index contributed by atoms with van der Waals surface area (Å²) in [4.78, 5) is 16.2. The first-order valence-corrected chi connectivity index (χ1v) is 8.00. The average Bonchev–Trinajstić information content (AvgIpc) is 2.52. The van der Waals surface area contributed by atoms with E-state index in [4.69, 9.17) is 6.57 Å². The van der Waals surface area contributed by atoms with Crippen molar-refractivity contribution in [3.63, 3.8) is 0 Å². The van der Waals surface area contributed by atoms with Crippen molar-refractivity contribution in [2.24, 2.45) is 0 Å². The summed E-state index contributed by atoms with van der Waals surface area (Å²) in [6.45, 7) is 22.2. The number of carbonyl (C=O) groups excluding carboxylic acids is 1. The molecule has 0 saturated carbocycles. The maximum Gasteiger partial charge on any atom is 0.282 e. The number of nitrogens with one attached hydrogen (secondary N) is 1. The van der Waals surface area contributed by atoms with Gasteiger partial charge in [-0.05, 0) is 52.7 Å². The minimum atomic E-state index is -0.0978. The number of amides is 1. The van der Waals surface area contributed by atoms with Crippen molar-refractivity contribution in [3.8, 4) is 0 Å². The van der Waals surface area contributed by atoms with Crippen molar-refractivity contribution in [1.82, 2.24) is 0 Å². The lowest BCUT2D eigenvalue weighted by atomic mass is 10.1. The smallest absolute Gasteiger partial charge is 0.282 e. The van der Waals surface area contributed by atoms with Gasteiger partial charge in [0.25, 0.3) is 5.91 Å². The second-order valence-corrected chi connectivity index (χ2v) is 5.90. The lowest BCUT2D eigenvalue weighted by Gasteiger charge is -2.40. The first-order valence-electron chi connectivity index (χ1n) is 8.00. The van der Waals surface area contributed by atoms with Gasteiger partial charge < -0.3 is 9.80 Å². The zero-order valence-corrected chi connectivity index (χ0v) is 14.7. The molecule has 1 N–H and O–H groups in total. The van der Waals surface area contributed by atoms with Crippen LogP contribution in [-0.2, 0) is 4.79 Å². The Kier molecular flexibility index (Phi) is 6.13. The van der Waals surface area contributed by atoms with Crippen molar-refractivity contribution in [3.05, 3.63) is 34.7 Å². The fraction of sp³-hybridized carbons (Fsp3) is 0.556. The Balaban J connectivity index is 3.06. The monoisotopic (exact) mass is 302 g/mol. The van der Waals surface area contributed by atoms with Crippen LogP contribution in [0.2, 0.25) is 0 Å². The number of nitrogens with zero attached hydrogens (tertiary/aromatic N) is 2. The van der Waals surface area contributed by atoms with Crippen LogP contribution in [-0.4, -0.2) is 36.1 Å². The van der Waals surface area contributed by atoms with E-state index >= 15 is 0 Å². The lowest BCUT2D eigenvalue weighted by Crippen LogP contribution is -2.58. The molecular formula is C18H28N3O+. The summed E-state index contributed by atoms with van der Waals surface area (Å²) in [5.74, 6) is 0.0484. The Morgan fingerprint density at radius 3 is 2.00 bits per heavy atom. The molecule has 22 heavy (non-hydrogen) atoms. The van der Waals surface area contributed by atoms with Crippen molar-refractivity contribution in [2.75, 3.05) is 25.0 Å². The molecule has 0 aliphatic rings. The minimum Gasteiger partial charge on any atom is -0.321 e. The standard InChI is InChI=1S/C18H27N3O/c1-8-21(9-2,10-3)15(6)18(22)20-17-13(4)11-16(19-7)12-14(17)5/h11-12,15H,8-10H2,1-6H3/p+1. The lowest BCUT2D eigenvalue weighted by molar-refractivity contribution is -0.936. The molecule has 0 saturated heterocycles. The average molecular weight is 302 g/mol. The van der Waals surface area contributed by atoms with Gasteiger partial charge in [0.15, 0.2) is 11.7 Å². The molecule has 0 aliphatic heterocycles. The van der Waals surface area contributed by atoms with E-state index in [2.05, 4.69) is 30.9 Å². The molecule has 0 aromatic heterocycles. The highest BCUT2D eigenvalue weighted by molar-refractivity contribution is 5.95. The van der Waals surface area contributed by atoms with Gasteiger partial charge in [0.2, 0.25) is 0 Å². The van der Waals surface area contributed by atoms with E-state index in [1.807, 2.05) is 32.9 Å². The van der Waals surface area contributed by atoms with Crippen LogP contribution in [0.4, 0.5) is 11.4 Å². The SMILES string of the molecule is [C-]#[N+]c1cc(C)c(NC(=O)C(C)[N+](CC)(CC)CC)c(C)c1. The summed E-state index contributed by atoms with van der Waals surface area (Å²) < 4.78 is 0.782. The molecule has 4 heteroatoms. The Hall–Kier alpha value is -1.86. The van der Waals surface area contributed by atoms with Gasteiger partial charge in [-0.1, -0.05) is 12.1 Å². The third kappa shape index (κ3) is 3.48. The molecule has 0 heterocycles. The Morgan fingerprint density at radius 1 is 1.18 bits per heavy atom. The molecule has 1 aromatic rings. The molecule has 1 rings (SSSR count). The summed E-state index contributed by atoms with van der Waals surface area (Å²) in [6.07, 6.45) is 0. The Labute approximate surface area is 134 Å². The molecule has 0 bridgehead atoms. The van der Waals surface area contributed by atoms with E-state index in [1.165, 1.54) is 0 Å². The molecule has 4 nitrogen and oxygen atoms in total. The molecule has 1 atom stereocenters. The second kappa shape index (κ2) is 7.42. The molecule has 1 aromatic carbocycles. The van der Waals surface area contributed by atoms with E-state index in [0.29, 0.717) is 5.69 Å². The topological polar surface area (TPSA) is 33.5 Å². The van der Waals surface area contributed by atoms with Crippen LogP contribution in [0.25, 0.3) is 4.85 Å². The summed E-state index contributed by atoms with van der Waals surface area (Å²) in [5, 5.41) is 3.08. The molecule has 1 unspecified atom stereocenters. The minimum absolute atomic E-state index is 0.0484. The van der Waals surface area contributed by atoms with Gasteiger partial charge in [-0.2, -0.15) is 0 Å². The number of hydrogen-bond donors (Lipinski definition) is 1. The summed E-state index contributed by atoms with van der Waals surface area (Å²) in [5.41, 5.74) is 3.33. The Bertz CT molecular complexity index is 551. The second-order valence-electron chi connectivity index (χ2n) is 5.90. The van der Waals surface area contributed by atoms with E-state index in [1.54, 1.807) is 0 Å².